The molecule has 0 saturated heterocycles. The lowest BCUT2D eigenvalue weighted by molar-refractivity contribution is -0.116. The highest BCUT2D eigenvalue weighted by molar-refractivity contribution is 5.89. The highest BCUT2D eigenvalue weighted by Crippen LogP contribution is 2.08. The Bertz CT molecular complexity index is 565. The molecule has 1 aromatic carbocycles. The maximum Gasteiger partial charge on any atom is 0.225 e. The standard InChI is InChI=1S/C14H16FN3O/c1-2-4-14(19)16-13-7-8-18(17-13)10-11-5-3-6-12(15)9-11/h3,5-9H,2,4,10H2,1H3,(H,16,17,19). The van der Waals surface area contributed by atoms with Gasteiger partial charge in [-0.1, -0.05) is 19.1 Å². The van der Waals surface area contributed by atoms with Crippen molar-refractivity contribution >= 4 is 11.7 Å². The molecule has 0 atom stereocenters. The van der Waals surface area contributed by atoms with Crippen LogP contribution in [0, 0.1) is 5.82 Å². The van der Waals surface area contributed by atoms with Crippen LogP contribution in [0.25, 0.3) is 0 Å². The van der Waals surface area contributed by atoms with Gasteiger partial charge in [-0.25, -0.2) is 4.39 Å². The molecule has 0 unspecified atom stereocenters. The minimum atomic E-state index is -0.263. The summed E-state index contributed by atoms with van der Waals surface area (Å²) in [6.45, 7) is 2.42. The summed E-state index contributed by atoms with van der Waals surface area (Å²) < 4.78 is 14.7. The predicted octanol–water partition coefficient (Wildman–Crippen LogP) is 2.81. The molecule has 0 aliphatic rings. The summed E-state index contributed by atoms with van der Waals surface area (Å²) in [4.78, 5) is 11.4. The van der Waals surface area contributed by atoms with Crippen LogP contribution in [0.3, 0.4) is 0 Å². The van der Waals surface area contributed by atoms with E-state index in [0.29, 0.717) is 18.8 Å². The van der Waals surface area contributed by atoms with Crippen LogP contribution in [0.15, 0.2) is 36.5 Å². The third-order valence-corrected chi connectivity index (χ3v) is 2.62. The maximum atomic E-state index is 13.0. The molecule has 0 aliphatic heterocycles. The number of hydrogen-bond acceptors (Lipinski definition) is 2. The van der Waals surface area contributed by atoms with E-state index in [-0.39, 0.29) is 11.7 Å². The Morgan fingerprint density at radius 2 is 2.26 bits per heavy atom. The Kier molecular flexibility index (Phi) is 4.28. The Balaban J connectivity index is 1.99. The zero-order chi connectivity index (χ0) is 13.7. The first-order valence-corrected chi connectivity index (χ1v) is 6.25. The van der Waals surface area contributed by atoms with Crippen molar-refractivity contribution in [2.45, 2.75) is 26.3 Å². The van der Waals surface area contributed by atoms with Gasteiger partial charge in [-0.3, -0.25) is 9.48 Å². The highest BCUT2D eigenvalue weighted by atomic mass is 19.1. The third-order valence-electron chi connectivity index (χ3n) is 2.62. The van der Waals surface area contributed by atoms with E-state index < -0.39 is 0 Å². The molecule has 0 radical (unpaired) electrons. The molecule has 0 saturated carbocycles. The molecule has 0 spiro atoms. The van der Waals surface area contributed by atoms with E-state index >= 15 is 0 Å². The molecule has 19 heavy (non-hydrogen) atoms. The molecule has 2 aromatic rings. The molecule has 2 rings (SSSR count). The first-order valence-electron chi connectivity index (χ1n) is 6.25. The summed E-state index contributed by atoms with van der Waals surface area (Å²) >= 11 is 0. The summed E-state index contributed by atoms with van der Waals surface area (Å²) in [5.74, 6) is 0.217. The molecule has 1 N–H and O–H groups in total. The number of nitrogens with zero attached hydrogens (tertiary/aromatic N) is 2. The maximum absolute atomic E-state index is 13.0. The number of anilines is 1. The number of amides is 1. The lowest BCUT2D eigenvalue weighted by Gasteiger charge is -2.02. The topological polar surface area (TPSA) is 46.9 Å². The lowest BCUT2D eigenvalue weighted by atomic mass is 10.2. The molecule has 0 aliphatic carbocycles. The number of nitrogens with one attached hydrogen (secondary N) is 1. The van der Waals surface area contributed by atoms with Gasteiger partial charge < -0.3 is 5.32 Å². The number of hydrogen-bond donors (Lipinski definition) is 1. The van der Waals surface area contributed by atoms with E-state index in [0.717, 1.165) is 12.0 Å². The number of benzene rings is 1. The molecule has 0 bridgehead atoms. The van der Waals surface area contributed by atoms with Gasteiger partial charge in [0.2, 0.25) is 5.91 Å². The van der Waals surface area contributed by atoms with Gasteiger partial charge in [0.1, 0.15) is 5.82 Å². The normalized spacial score (nSPS) is 10.4. The average molecular weight is 261 g/mol. The van der Waals surface area contributed by atoms with Gasteiger partial charge in [0, 0.05) is 18.7 Å². The highest BCUT2D eigenvalue weighted by Gasteiger charge is 2.04. The lowest BCUT2D eigenvalue weighted by Crippen LogP contribution is -2.11. The molecule has 0 fully saturated rings. The molecule has 4 nitrogen and oxygen atoms in total. The summed E-state index contributed by atoms with van der Waals surface area (Å²) in [5.41, 5.74) is 0.828. The monoisotopic (exact) mass is 261 g/mol. The van der Waals surface area contributed by atoms with Crippen LogP contribution in [-0.4, -0.2) is 15.7 Å². The first kappa shape index (κ1) is 13.3. The molecule has 5 heteroatoms. The van der Waals surface area contributed by atoms with Crippen LogP contribution in [-0.2, 0) is 11.3 Å². The van der Waals surface area contributed by atoms with Crippen molar-refractivity contribution in [3.05, 3.63) is 47.9 Å². The van der Waals surface area contributed by atoms with Crippen molar-refractivity contribution in [1.29, 1.82) is 0 Å². The van der Waals surface area contributed by atoms with Gasteiger partial charge in [-0.15, -0.1) is 0 Å². The van der Waals surface area contributed by atoms with E-state index in [4.69, 9.17) is 0 Å². The minimum absolute atomic E-state index is 0.0431. The van der Waals surface area contributed by atoms with Crippen LogP contribution >= 0.6 is 0 Å². The summed E-state index contributed by atoms with van der Waals surface area (Å²) in [5, 5.41) is 6.94. The van der Waals surface area contributed by atoms with E-state index in [1.165, 1.54) is 12.1 Å². The van der Waals surface area contributed by atoms with Crippen LogP contribution < -0.4 is 5.32 Å². The zero-order valence-corrected chi connectivity index (χ0v) is 10.8. The number of aromatic nitrogens is 2. The number of halogens is 1. The molecular formula is C14H16FN3O. The Morgan fingerprint density at radius 1 is 1.42 bits per heavy atom. The van der Waals surface area contributed by atoms with Crippen molar-refractivity contribution < 1.29 is 9.18 Å². The van der Waals surface area contributed by atoms with Crippen molar-refractivity contribution in [1.82, 2.24) is 9.78 Å². The molecule has 100 valence electrons. The SMILES string of the molecule is CCCC(=O)Nc1ccn(Cc2cccc(F)c2)n1. The van der Waals surface area contributed by atoms with Gasteiger partial charge in [-0.05, 0) is 24.1 Å². The number of carbonyl (C=O) groups is 1. The van der Waals surface area contributed by atoms with Crippen LogP contribution in [0.4, 0.5) is 10.2 Å². The quantitative estimate of drug-likeness (QED) is 0.899. The summed E-state index contributed by atoms with van der Waals surface area (Å²) in [6, 6.07) is 8.10. The van der Waals surface area contributed by atoms with Gasteiger partial charge in [0.05, 0.1) is 6.54 Å². The Labute approximate surface area is 111 Å². The second-order valence-electron chi connectivity index (χ2n) is 4.33. The smallest absolute Gasteiger partial charge is 0.225 e. The Morgan fingerprint density at radius 3 is 3.00 bits per heavy atom. The Hall–Kier alpha value is -2.17. The zero-order valence-electron chi connectivity index (χ0n) is 10.8. The minimum Gasteiger partial charge on any atom is -0.309 e. The van der Waals surface area contributed by atoms with E-state index in [1.54, 1.807) is 23.0 Å². The van der Waals surface area contributed by atoms with E-state index in [2.05, 4.69) is 10.4 Å². The van der Waals surface area contributed by atoms with Gasteiger partial charge in [-0.2, -0.15) is 5.10 Å². The number of rotatable bonds is 5. The third kappa shape index (κ3) is 3.91. The largest absolute Gasteiger partial charge is 0.309 e. The van der Waals surface area contributed by atoms with E-state index in [1.807, 2.05) is 13.0 Å². The molecular weight excluding hydrogens is 245 g/mol. The van der Waals surface area contributed by atoms with E-state index in [9.17, 15) is 9.18 Å². The molecule has 1 amide bonds. The fourth-order valence-corrected chi connectivity index (χ4v) is 1.77. The fraction of sp³-hybridized carbons (Fsp3) is 0.286. The second-order valence-corrected chi connectivity index (χ2v) is 4.33. The first-order chi connectivity index (χ1) is 9.17. The fourth-order valence-electron chi connectivity index (χ4n) is 1.77. The summed E-state index contributed by atoms with van der Waals surface area (Å²) in [6.07, 6.45) is 3.04. The van der Waals surface area contributed by atoms with Crippen molar-refractivity contribution in [3.8, 4) is 0 Å². The second kappa shape index (κ2) is 6.13. The van der Waals surface area contributed by atoms with Crippen molar-refractivity contribution in [2.24, 2.45) is 0 Å². The summed E-state index contributed by atoms with van der Waals surface area (Å²) in [7, 11) is 0. The number of carbonyl (C=O) groups excluding carboxylic acids is 1. The average Bonchev–Trinajstić information content (AvgIpc) is 2.76. The van der Waals surface area contributed by atoms with Crippen molar-refractivity contribution in [2.75, 3.05) is 5.32 Å². The predicted molar refractivity (Wildman–Crippen MR) is 71.3 cm³/mol. The van der Waals surface area contributed by atoms with Crippen molar-refractivity contribution in [3.63, 3.8) is 0 Å². The molecule has 1 aromatic heterocycles. The van der Waals surface area contributed by atoms with Gasteiger partial charge in [0.25, 0.3) is 0 Å². The van der Waals surface area contributed by atoms with Crippen LogP contribution in [0.2, 0.25) is 0 Å². The molecule has 1 heterocycles. The van der Waals surface area contributed by atoms with Crippen LogP contribution in [0.5, 0.6) is 0 Å². The van der Waals surface area contributed by atoms with Gasteiger partial charge in [0.15, 0.2) is 5.82 Å². The van der Waals surface area contributed by atoms with Gasteiger partial charge >= 0.3 is 0 Å². The van der Waals surface area contributed by atoms with Crippen LogP contribution in [0.1, 0.15) is 25.3 Å².